The number of nitrogens with zero attached hydrogens (tertiary/aromatic N) is 2. The van der Waals surface area contributed by atoms with E-state index in [9.17, 15) is 0 Å². The summed E-state index contributed by atoms with van der Waals surface area (Å²) in [5.41, 5.74) is 0. The maximum Gasteiger partial charge on any atom is 0.142 e. The highest BCUT2D eigenvalue weighted by Gasteiger charge is 1.98. The minimum atomic E-state index is -0.416. The van der Waals surface area contributed by atoms with E-state index in [-0.39, 0.29) is 0 Å². The molecule has 0 aromatic heterocycles. The molecule has 0 radical (unpaired) electrons. The molecule has 0 aliphatic carbocycles. The predicted molar refractivity (Wildman–Crippen MR) is 33.6 cm³/mol. The van der Waals surface area contributed by atoms with E-state index in [1.54, 1.807) is 0 Å². The van der Waals surface area contributed by atoms with Gasteiger partial charge in [-0.25, -0.2) is 0 Å². The van der Waals surface area contributed by atoms with Crippen LogP contribution in [0.1, 0.15) is 0 Å². The summed E-state index contributed by atoms with van der Waals surface area (Å²) in [5.74, 6) is -0.416. The van der Waals surface area contributed by atoms with Crippen LogP contribution in [0.4, 0.5) is 0 Å². The Morgan fingerprint density at radius 2 is 1.86 bits per heavy atom. The summed E-state index contributed by atoms with van der Waals surface area (Å²) in [5, 5.41) is 16.1. The third-order valence-electron chi connectivity index (χ3n) is 0.466. The molecule has 0 bridgehead atoms. The second-order valence-electron chi connectivity index (χ2n) is 0.965. The van der Waals surface area contributed by atoms with Crippen molar-refractivity contribution in [2.75, 3.05) is 4.43 Å². The van der Waals surface area contributed by atoms with Gasteiger partial charge >= 0.3 is 0 Å². The Bertz CT molecular complexity index is 105. The monoisotopic (exact) mass is 206 g/mol. The Morgan fingerprint density at radius 3 is 1.86 bits per heavy atom. The van der Waals surface area contributed by atoms with E-state index in [4.69, 9.17) is 10.5 Å². The van der Waals surface area contributed by atoms with Crippen LogP contribution in [0.2, 0.25) is 0 Å². The number of nitriles is 2. The van der Waals surface area contributed by atoms with Crippen molar-refractivity contribution in [3.8, 4) is 12.1 Å². The lowest BCUT2D eigenvalue weighted by atomic mass is 10.2. The molecule has 0 aliphatic rings. The number of alkyl halides is 1. The summed E-state index contributed by atoms with van der Waals surface area (Å²) < 4.78 is 0.602. The molecule has 0 heterocycles. The minimum Gasteiger partial charge on any atom is -0.197 e. The van der Waals surface area contributed by atoms with Crippen LogP contribution in [0.25, 0.3) is 0 Å². The smallest absolute Gasteiger partial charge is 0.142 e. The molecule has 0 saturated heterocycles. The van der Waals surface area contributed by atoms with Crippen LogP contribution in [0.15, 0.2) is 0 Å². The molecule has 2 nitrogen and oxygen atoms in total. The molecule has 0 N–H and O–H groups in total. The van der Waals surface area contributed by atoms with Crippen molar-refractivity contribution in [2.24, 2.45) is 5.92 Å². The second-order valence-corrected chi connectivity index (χ2v) is 1.85. The van der Waals surface area contributed by atoms with E-state index >= 15 is 0 Å². The van der Waals surface area contributed by atoms with E-state index in [1.807, 2.05) is 34.7 Å². The molecule has 0 atom stereocenters. The van der Waals surface area contributed by atoms with Gasteiger partial charge in [0.1, 0.15) is 5.92 Å². The molecule has 0 aliphatic heterocycles. The van der Waals surface area contributed by atoms with Crippen LogP contribution in [0.5, 0.6) is 0 Å². The molecule has 0 saturated carbocycles. The van der Waals surface area contributed by atoms with E-state index in [0.717, 1.165) is 0 Å². The third-order valence-corrected chi connectivity index (χ3v) is 1.35. The van der Waals surface area contributed by atoms with Crippen molar-refractivity contribution in [3.63, 3.8) is 0 Å². The Hall–Kier alpha value is -0.290. The van der Waals surface area contributed by atoms with Crippen molar-refractivity contribution in [1.82, 2.24) is 0 Å². The largest absolute Gasteiger partial charge is 0.197 e. The van der Waals surface area contributed by atoms with Crippen LogP contribution in [-0.2, 0) is 0 Å². The molecule has 0 fully saturated rings. The zero-order valence-corrected chi connectivity index (χ0v) is 5.71. The van der Waals surface area contributed by atoms with E-state index in [0.29, 0.717) is 4.43 Å². The Morgan fingerprint density at radius 1 is 1.43 bits per heavy atom. The van der Waals surface area contributed by atoms with Gasteiger partial charge in [0.05, 0.1) is 12.1 Å². The van der Waals surface area contributed by atoms with Crippen molar-refractivity contribution in [2.45, 2.75) is 0 Å². The molecule has 3 heteroatoms. The number of halogens is 1. The molecule has 0 aromatic carbocycles. The van der Waals surface area contributed by atoms with Crippen LogP contribution in [0.3, 0.4) is 0 Å². The zero-order valence-electron chi connectivity index (χ0n) is 3.56. The van der Waals surface area contributed by atoms with Gasteiger partial charge < -0.3 is 0 Å². The minimum absolute atomic E-state index is 0.416. The summed E-state index contributed by atoms with van der Waals surface area (Å²) in [6, 6.07) is 3.67. The van der Waals surface area contributed by atoms with Gasteiger partial charge in [-0.1, -0.05) is 22.6 Å². The van der Waals surface area contributed by atoms with Gasteiger partial charge in [0.25, 0.3) is 0 Å². The summed E-state index contributed by atoms with van der Waals surface area (Å²) in [6.07, 6.45) is 0. The fraction of sp³-hybridized carbons (Fsp3) is 0.500. The lowest BCUT2D eigenvalue weighted by Crippen LogP contribution is -1.90. The topological polar surface area (TPSA) is 47.6 Å². The molecule has 0 aromatic rings. The van der Waals surface area contributed by atoms with Gasteiger partial charge in [0, 0.05) is 4.43 Å². The standard InChI is InChI=1S/C4H3IN2/c5-1-4(2-6)3-7/h4H,1H2. The highest BCUT2D eigenvalue weighted by Crippen LogP contribution is 1.95. The molecule has 36 valence electrons. The molecular weight excluding hydrogens is 203 g/mol. The lowest BCUT2D eigenvalue weighted by molar-refractivity contribution is 1.01. The van der Waals surface area contributed by atoms with Crippen LogP contribution in [0, 0.1) is 28.6 Å². The fourth-order valence-electron chi connectivity index (χ4n) is 0.0979. The van der Waals surface area contributed by atoms with Gasteiger partial charge in [-0.05, 0) is 0 Å². The third kappa shape index (κ3) is 2.41. The molecule has 0 amide bonds. The van der Waals surface area contributed by atoms with Gasteiger partial charge in [0.15, 0.2) is 0 Å². The maximum absolute atomic E-state index is 8.05. The number of hydrogen-bond acceptors (Lipinski definition) is 2. The first-order valence-electron chi connectivity index (χ1n) is 1.70. The van der Waals surface area contributed by atoms with E-state index in [1.165, 1.54) is 0 Å². The van der Waals surface area contributed by atoms with Gasteiger partial charge in [-0.3, -0.25) is 0 Å². The fourth-order valence-corrected chi connectivity index (χ4v) is 0.492. The van der Waals surface area contributed by atoms with Gasteiger partial charge in [-0.15, -0.1) is 0 Å². The summed E-state index contributed by atoms with van der Waals surface area (Å²) in [6.45, 7) is 0. The summed E-state index contributed by atoms with van der Waals surface area (Å²) in [4.78, 5) is 0. The first kappa shape index (κ1) is 6.71. The van der Waals surface area contributed by atoms with E-state index < -0.39 is 5.92 Å². The highest BCUT2D eigenvalue weighted by molar-refractivity contribution is 14.1. The van der Waals surface area contributed by atoms with Crippen molar-refractivity contribution in [3.05, 3.63) is 0 Å². The Labute approximate surface area is 55.9 Å². The van der Waals surface area contributed by atoms with Crippen molar-refractivity contribution < 1.29 is 0 Å². The number of rotatable bonds is 1. The molecule has 0 unspecified atom stereocenters. The molecule has 0 spiro atoms. The van der Waals surface area contributed by atoms with Gasteiger partial charge in [0.2, 0.25) is 0 Å². The van der Waals surface area contributed by atoms with E-state index in [2.05, 4.69) is 0 Å². The number of hydrogen-bond donors (Lipinski definition) is 0. The highest BCUT2D eigenvalue weighted by atomic mass is 127. The lowest BCUT2D eigenvalue weighted by Gasteiger charge is -1.82. The first-order chi connectivity index (χ1) is 3.35. The summed E-state index contributed by atoms with van der Waals surface area (Å²) in [7, 11) is 0. The Balaban J connectivity index is 3.50. The SMILES string of the molecule is N#CC(C#N)CI. The average molecular weight is 206 g/mol. The van der Waals surface area contributed by atoms with Crippen LogP contribution < -0.4 is 0 Å². The predicted octanol–water partition coefficient (Wildman–Crippen LogP) is 1.08. The van der Waals surface area contributed by atoms with Crippen LogP contribution in [-0.4, -0.2) is 4.43 Å². The quantitative estimate of drug-likeness (QED) is 0.476. The van der Waals surface area contributed by atoms with Crippen molar-refractivity contribution >= 4 is 22.6 Å². The second kappa shape index (κ2) is 3.89. The van der Waals surface area contributed by atoms with Gasteiger partial charge in [-0.2, -0.15) is 10.5 Å². The summed E-state index contributed by atoms with van der Waals surface area (Å²) >= 11 is 2.00. The maximum atomic E-state index is 8.05. The normalized spacial score (nSPS) is 7.43. The van der Waals surface area contributed by atoms with Crippen LogP contribution >= 0.6 is 22.6 Å². The molecular formula is C4H3IN2. The zero-order chi connectivity index (χ0) is 5.70. The Kier molecular flexibility index (Phi) is 3.72. The van der Waals surface area contributed by atoms with Crippen molar-refractivity contribution in [1.29, 1.82) is 10.5 Å². The first-order valence-corrected chi connectivity index (χ1v) is 3.23. The molecule has 0 rings (SSSR count). The average Bonchev–Trinajstić information content (AvgIpc) is 1.72. The molecule has 7 heavy (non-hydrogen) atoms.